The van der Waals surface area contributed by atoms with E-state index in [1.807, 2.05) is 12.3 Å². The number of Topliss-reactive ketones (excluding diaryl/α,β-unsaturated/α-hetero) is 1. The van der Waals surface area contributed by atoms with E-state index in [2.05, 4.69) is 14.8 Å². The summed E-state index contributed by atoms with van der Waals surface area (Å²) < 4.78 is 2.16. The van der Waals surface area contributed by atoms with Gasteiger partial charge in [-0.2, -0.15) is 5.10 Å². The van der Waals surface area contributed by atoms with Crippen LogP contribution in [0.25, 0.3) is 11.4 Å². The number of nitrogens with two attached hydrogens (primary N) is 1. The van der Waals surface area contributed by atoms with Crippen LogP contribution in [0.1, 0.15) is 41.6 Å². The number of anilines is 1. The predicted molar refractivity (Wildman–Crippen MR) is 76.4 cm³/mol. The normalized spacial score (nSPS) is 18.0. The van der Waals surface area contributed by atoms with Crippen molar-refractivity contribution in [3.05, 3.63) is 23.4 Å². The van der Waals surface area contributed by atoms with Crippen LogP contribution in [0.15, 0.2) is 12.3 Å². The van der Waals surface area contributed by atoms with Gasteiger partial charge in [0, 0.05) is 29.8 Å². The Kier molecular flexibility index (Phi) is 2.49. The van der Waals surface area contributed by atoms with E-state index in [0.717, 1.165) is 54.7 Å². The van der Waals surface area contributed by atoms with Gasteiger partial charge in [0.2, 0.25) is 0 Å². The van der Waals surface area contributed by atoms with Crippen molar-refractivity contribution in [2.75, 3.05) is 5.73 Å². The topological polar surface area (TPSA) is 76.7 Å². The van der Waals surface area contributed by atoms with E-state index >= 15 is 0 Å². The van der Waals surface area contributed by atoms with Gasteiger partial charge >= 0.3 is 0 Å². The number of fused-ring (bicyclic) bond motifs is 3. The Morgan fingerprint density at radius 3 is 3.00 bits per heavy atom. The molecule has 2 aromatic rings. The van der Waals surface area contributed by atoms with Crippen molar-refractivity contribution in [1.82, 2.24) is 14.8 Å². The first-order valence-electron chi connectivity index (χ1n) is 7.31. The molecule has 0 amide bonds. The highest BCUT2D eigenvalue weighted by Crippen LogP contribution is 2.34. The highest BCUT2D eigenvalue weighted by atomic mass is 16.1. The van der Waals surface area contributed by atoms with Crippen LogP contribution in [0.4, 0.5) is 5.82 Å². The first-order valence-corrected chi connectivity index (χ1v) is 7.31. The average Bonchev–Trinajstić information content (AvgIpc) is 2.89. The van der Waals surface area contributed by atoms with Gasteiger partial charge in [0.15, 0.2) is 5.78 Å². The summed E-state index contributed by atoms with van der Waals surface area (Å²) >= 11 is 0. The zero-order valence-electron chi connectivity index (χ0n) is 11.4. The van der Waals surface area contributed by atoms with E-state index in [4.69, 9.17) is 5.73 Å². The van der Waals surface area contributed by atoms with Gasteiger partial charge in [-0.25, -0.2) is 0 Å². The van der Waals surface area contributed by atoms with Crippen molar-refractivity contribution in [2.45, 2.75) is 38.6 Å². The predicted octanol–water partition coefficient (Wildman–Crippen LogP) is 2.39. The molecular weight excluding hydrogens is 252 g/mol. The standard InChI is InChI=1S/C15H18N4O/c16-15-11-5-2-6-19-8-10(14(20)9-3-1-4-9)7-12(19)13(11)17-18-15/h7-9H,1-6H2,(H3,16,17,18). The highest BCUT2D eigenvalue weighted by molar-refractivity contribution is 5.99. The summed E-state index contributed by atoms with van der Waals surface area (Å²) in [7, 11) is 0. The number of H-pyrrole nitrogens is 1. The molecule has 3 N–H and O–H groups in total. The molecule has 1 aliphatic carbocycles. The number of aromatic nitrogens is 3. The minimum Gasteiger partial charge on any atom is -0.382 e. The summed E-state index contributed by atoms with van der Waals surface area (Å²) in [5, 5.41) is 7.13. The van der Waals surface area contributed by atoms with E-state index in [-0.39, 0.29) is 5.92 Å². The quantitative estimate of drug-likeness (QED) is 0.823. The van der Waals surface area contributed by atoms with Crippen LogP contribution in [0, 0.1) is 5.92 Å². The molecule has 5 nitrogen and oxygen atoms in total. The van der Waals surface area contributed by atoms with Crippen LogP contribution >= 0.6 is 0 Å². The number of carbonyl (C=O) groups excluding carboxylic acids is 1. The molecule has 5 heteroatoms. The second kappa shape index (κ2) is 4.23. The Bertz CT molecular complexity index is 678. The monoisotopic (exact) mass is 270 g/mol. The molecule has 2 aliphatic rings. The van der Waals surface area contributed by atoms with Crippen molar-refractivity contribution in [2.24, 2.45) is 5.92 Å². The van der Waals surface area contributed by atoms with Gasteiger partial charge < -0.3 is 10.3 Å². The number of rotatable bonds is 2. The largest absolute Gasteiger partial charge is 0.382 e. The van der Waals surface area contributed by atoms with Crippen molar-refractivity contribution in [1.29, 1.82) is 0 Å². The molecule has 1 fully saturated rings. The number of carbonyl (C=O) groups is 1. The number of hydrogen-bond donors (Lipinski definition) is 2. The Labute approximate surface area is 117 Å². The maximum atomic E-state index is 12.4. The Morgan fingerprint density at radius 1 is 1.40 bits per heavy atom. The molecule has 0 unspecified atom stereocenters. The molecule has 2 aromatic heterocycles. The number of nitrogen functional groups attached to an aromatic ring is 1. The first-order chi connectivity index (χ1) is 9.74. The Balaban J connectivity index is 1.77. The van der Waals surface area contributed by atoms with Crippen LogP contribution in [0.3, 0.4) is 0 Å². The summed E-state index contributed by atoms with van der Waals surface area (Å²) in [5.41, 5.74) is 9.87. The van der Waals surface area contributed by atoms with Crippen LogP contribution in [-0.4, -0.2) is 20.5 Å². The molecule has 0 radical (unpaired) electrons. The zero-order valence-corrected chi connectivity index (χ0v) is 11.4. The van der Waals surface area contributed by atoms with Gasteiger partial charge in [0.1, 0.15) is 5.82 Å². The summed E-state index contributed by atoms with van der Waals surface area (Å²) in [6.07, 6.45) is 7.23. The van der Waals surface area contributed by atoms with E-state index in [1.165, 1.54) is 6.42 Å². The molecule has 20 heavy (non-hydrogen) atoms. The van der Waals surface area contributed by atoms with Crippen LogP contribution in [-0.2, 0) is 13.0 Å². The lowest BCUT2D eigenvalue weighted by atomic mass is 9.80. The molecular formula is C15H18N4O. The van der Waals surface area contributed by atoms with E-state index in [0.29, 0.717) is 11.6 Å². The molecule has 0 aromatic carbocycles. The maximum absolute atomic E-state index is 12.4. The van der Waals surface area contributed by atoms with Gasteiger partial charge in [0.05, 0.1) is 11.4 Å². The number of ketones is 1. The fourth-order valence-corrected chi connectivity index (χ4v) is 3.22. The third kappa shape index (κ3) is 1.62. The molecule has 104 valence electrons. The minimum atomic E-state index is 0.243. The minimum absolute atomic E-state index is 0.243. The van der Waals surface area contributed by atoms with Gasteiger partial charge in [-0.3, -0.25) is 9.89 Å². The van der Waals surface area contributed by atoms with Crippen molar-refractivity contribution in [3.63, 3.8) is 0 Å². The second-order valence-corrected chi connectivity index (χ2v) is 5.87. The molecule has 0 bridgehead atoms. The summed E-state index contributed by atoms with van der Waals surface area (Å²) in [5.74, 6) is 1.13. The van der Waals surface area contributed by atoms with Crippen molar-refractivity contribution < 1.29 is 4.79 Å². The molecule has 4 rings (SSSR count). The number of nitrogens with zero attached hydrogens (tertiary/aromatic N) is 2. The lowest BCUT2D eigenvalue weighted by Crippen LogP contribution is -2.21. The zero-order chi connectivity index (χ0) is 13.7. The van der Waals surface area contributed by atoms with Crippen LogP contribution in [0.5, 0.6) is 0 Å². The molecule has 0 spiro atoms. The van der Waals surface area contributed by atoms with E-state index in [9.17, 15) is 4.79 Å². The molecule has 3 heterocycles. The highest BCUT2D eigenvalue weighted by Gasteiger charge is 2.28. The third-order valence-electron chi connectivity index (χ3n) is 4.64. The molecule has 1 saturated carbocycles. The number of aryl methyl sites for hydroxylation is 1. The summed E-state index contributed by atoms with van der Waals surface area (Å²) in [6.45, 7) is 0.926. The Hall–Kier alpha value is -2.04. The van der Waals surface area contributed by atoms with Crippen LogP contribution in [0.2, 0.25) is 0 Å². The fraction of sp³-hybridized carbons (Fsp3) is 0.467. The summed E-state index contributed by atoms with van der Waals surface area (Å²) in [6, 6.07) is 2.00. The average molecular weight is 270 g/mol. The Morgan fingerprint density at radius 2 is 2.25 bits per heavy atom. The lowest BCUT2D eigenvalue weighted by molar-refractivity contribution is 0.0855. The van der Waals surface area contributed by atoms with Gasteiger partial charge in [-0.15, -0.1) is 0 Å². The number of aromatic amines is 1. The van der Waals surface area contributed by atoms with Crippen molar-refractivity contribution in [3.8, 4) is 11.4 Å². The van der Waals surface area contributed by atoms with E-state index in [1.54, 1.807) is 0 Å². The first kappa shape index (κ1) is 11.8. The lowest BCUT2D eigenvalue weighted by Gasteiger charge is -2.23. The van der Waals surface area contributed by atoms with Gasteiger partial charge in [0.25, 0.3) is 0 Å². The molecule has 1 aliphatic heterocycles. The summed E-state index contributed by atoms with van der Waals surface area (Å²) in [4.78, 5) is 12.4. The second-order valence-electron chi connectivity index (χ2n) is 5.87. The van der Waals surface area contributed by atoms with Gasteiger partial charge in [-0.1, -0.05) is 6.42 Å². The fourth-order valence-electron chi connectivity index (χ4n) is 3.22. The SMILES string of the molecule is Nc1n[nH]c2c1CCCn1cc(C(=O)C3CCC3)cc1-2. The maximum Gasteiger partial charge on any atom is 0.167 e. The third-order valence-corrected chi connectivity index (χ3v) is 4.64. The number of nitrogens with one attached hydrogen (secondary N) is 1. The number of hydrogen-bond acceptors (Lipinski definition) is 3. The molecule has 0 atom stereocenters. The van der Waals surface area contributed by atoms with E-state index < -0.39 is 0 Å². The molecule has 0 saturated heterocycles. The van der Waals surface area contributed by atoms with Gasteiger partial charge in [-0.05, 0) is 31.7 Å². The van der Waals surface area contributed by atoms with Crippen molar-refractivity contribution >= 4 is 11.6 Å². The van der Waals surface area contributed by atoms with Crippen LogP contribution < -0.4 is 5.73 Å². The smallest absolute Gasteiger partial charge is 0.167 e.